The van der Waals surface area contributed by atoms with Crippen LogP contribution in [-0.2, 0) is 6.54 Å². The van der Waals surface area contributed by atoms with E-state index in [-0.39, 0.29) is 11.3 Å². The van der Waals surface area contributed by atoms with Gasteiger partial charge in [-0.3, -0.25) is 0 Å². The zero-order valence-electron chi connectivity index (χ0n) is 8.78. The minimum Gasteiger partial charge on any atom is -0.467 e. The van der Waals surface area contributed by atoms with Crippen molar-refractivity contribution >= 4 is 44.8 Å². The van der Waals surface area contributed by atoms with Crippen LogP contribution in [0.25, 0.3) is 0 Å². The number of halogens is 2. The van der Waals surface area contributed by atoms with Crippen LogP contribution in [0.15, 0.2) is 15.9 Å². The number of hydrogen-bond acceptors (Lipinski definition) is 6. The molecule has 0 aliphatic rings. The van der Waals surface area contributed by atoms with E-state index in [0.29, 0.717) is 12.5 Å². The zero-order chi connectivity index (χ0) is 12.3. The van der Waals surface area contributed by atoms with E-state index in [4.69, 9.17) is 16.3 Å². The fourth-order valence-corrected chi connectivity index (χ4v) is 2.70. The Morgan fingerprint density at radius 1 is 1.47 bits per heavy atom. The van der Waals surface area contributed by atoms with Gasteiger partial charge in [0, 0.05) is 9.35 Å². The van der Waals surface area contributed by atoms with Crippen molar-refractivity contribution < 1.29 is 4.74 Å². The van der Waals surface area contributed by atoms with Gasteiger partial charge >= 0.3 is 6.01 Å². The number of rotatable bonds is 4. The molecule has 0 atom stereocenters. The van der Waals surface area contributed by atoms with Crippen LogP contribution in [0.4, 0.5) is 5.95 Å². The standard InChI is InChI=1S/C9H8BrClN4OS/c1-16-9-14-7(11)13-8(15-9)12-4-6-5(10)2-3-17-6/h2-3H,4H2,1H3,(H,12,13,14,15). The normalized spacial score (nSPS) is 10.3. The molecule has 0 unspecified atom stereocenters. The van der Waals surface area contributed by atoms with Crippen LogP contribution in [0, 0.1) is 0 Å². The van der Waals surface area contributed by atoms with Gasteiger partial charge in [-0.15, -0.1) is 11.3 Å². The molecule has 2 aromatic heterocycles. The number of nitrogens with one attached hydrogen (secondary N) is 1. The highest BCUT2D eigenvalue weighted by atomic mass is 79.9. The Bertz CT molecular complexity index is 521. The van der Waals surface area contributed by atoms with E-state index >= 15 is 0 Å². The molecule has 90 valence electrons. The number of ether oxygens (including phenoxy) is 1. The number of aromatic nitrogens is 3. The maximum Gasteiger partial charge on any atom is 0.322 e. The molecule has 1 N–H and O–H groups in total. The fraction of sp³-hybridized carbons (Fsp3) is 0.222. The molecule has 8 heteroatoms. The van der Waals surface area contributed by atoms with Crippen LogP contribution in [-0.4, -0.2) is 22.1 Å². The highest BCUT2D eigenvalue weighted by Gasteiger charge is 2.06. The predicted octanol–water partition coefficient (Wildman–Crippen LogP) is 2.97. The maximum absolute atomic E-state index is 5.73. The van der Waals surface area contributed by atoms with E-state index in [2.05, 4.69) is 36.2 Å². The third kappa shape index (κ3) is 3.27. The van der Waals surface area contributed by atoms with Crippen LogP contribution < -0.4 is 10.1 Å². The van der Waals surface area contributed by atoms with Crippen molar-refractivity contribution in [1.29, 1.82) is 0 Å². The van der Waals surface area contributed by atoms with E-state index in [1.54, 1.807) is 11.3 Å². The SMILES string of the molecule is COc1nc(Cl)nc(NCc2sccc2Br)n1. The lowest BCUT2D eigenvalue weighted by Gasteiger charge is -2.05. The molecular weight excluding hydrogens is 328 g/mol. The molecule has 0 saturated heterocycles. The zero-order valence-corrected chi connectivity index (χ0v) is 11.9. The van der Waals surface area contributed by atoms with Gasteiger partial charge < -0.3 is 10.1 Å². The predicted molar refractivity (Wildman–Crippen MR) is 70.7 cm³/mol. The molecule has 17 heavy (non-hydrogen) atoms. The second kappa shape index (κ2) is 5.61. The van der Waals surface area contributed by atoms with Crippen molar-refractivity contribution in [2.24, 2.45) is 0 Å². The molecule has 0 spiro atoms. The van der Waals surface area contributed by atoms with Gasteiger partial charge in [0.25, 0.3) is 0 Å². The van der Waals surface area contributed by atoms with E-state index in [1.807, 2.05) is 11.4 Å². The fourth-order valence-electron chi connectivity index (χ4n) is 1.11. The van der Waals surface area contributed by atoms with Crippen LogP contribution >= 0.6 is 38.9 Å². The first kappa shape index (κ1) is 12.5. The molecule has 2 heterocycles. The molecular formula is C9H8BrClN4OS. The van der Waals surface area contributed by atoms with Gasteiger partial charge in [0.1, 0.15) is 0 Å². The highest BCUT2D eigenvalue weighted by molar-refractivity contribution is 9.10. The second-order valence-electron chi connectivity index (χ2n) is 2.96. The van der Waals surface area contributed by atoms with Crippen LogP contribution in [0.3, 0.4) is 0 Å². The van der Waals surface area contributed by atoms with Gasteiger partial charge in [-0.1, -0.05) is 0 Å². The van der Waals surface area contributed by atoms with E-state index in [1.165, 1.54) is 7.11 Å². The first-order valence-corrected chi connectivity index (χ1v) is 6.65. The average molecular weight is 336 g/mol. The quantitative estimate of drug-likeness (QED) is 0.931. The lowest BCUT2D eigenvalue weighted by atomic mass is 10.5. The Labute approximate surface area is 115 Å². The summed E-state index contributed by atoms with van der Waals surface area (Å²) in [7, 11) is 1.48. The molecule has 5 nitrogen and oxygen atoms in total. The molecule has 0 fully saturated rings. The van der Waals surface area contributed by atoms with E-state index in [9.17, 15) is 0 Å². The van der Waals surface area contributed by atoms with E-state index < -0.39 is 0 Å². The molecule has 0 aromatic carbocycles. The number of methoxy groups -OCH3 is 1. The molecule has 2 rings (SSSR count). The number of anilines is 1. The maximum atomic E-state index is 5.73. The number of nitrogens with zero attached hydrogens (tertiary/aromatic N) is 3. The van der Waals surface area contributed by atoms with Crippen LogP contribution in [0.2, 0.25) is 5.28 Å². The summed E-state index contributed by atoms with van der Waals surface area (Å²) in [6, 6.07) is 2.18. The van der Waals surface area contributed by atoms with Crippen molar-refractivity contribution in [2.45, 2.75) is 6.54 Å². The molecule has 0 amide bonds. The van der Waals surface area contributed by atoms with Gasteiger partial charge in [-0.2, -0.15) is 15.0 Å². The molecule has 0 aliphatic heterocycles. The first-order chi connectivity index (χ1) is 8.19. The van der Waals surface area contributed by atoms with Crippen LogP contribution in [0.1, 0.15) is 4.88 Å². The van der Waals surface area contributed by atoms with Crippen LogP contribution in [0.5, 0.6) is 6.01 Å². The molecule has 0 saturated carbocycles. The minimum atomic E-state index is 0.101. The van der Waals surface area contributed by atoms with Gasteiger partial charge in [-0.25, -0.2) is 0 Å². The Balaban J connectivity index is 2.09. The number of thiophene rings is 1. The summed E-state index contributed by atoms with van der Waals surface area (Å²) >= 11 is 10.8. The monoisotopic (exact) mass is 334 g/mol. The third-order valence-corrected chi connectivity index (χ3v) is 3.96. The molecule has 0 radical (unpaired) electrons. The third-order valence-electron chi connectivity index (χ3n) is 1.87. The summed E-state index contributed by atoms with van der Waals surface area (Å²) < 4.78 is 5.96. The Morgan fingerprint density at radius 2 is 2.29 bits per heavy atom. The second-order valence-corrected chi connectivity index (χ2v) is 5.15. The van der Waals surface area contributed by atoms with Crippen molar-refractivity contribution in [2.75, 3.05) is 12.4 Å². The lowest BCUT2D eigenvalue weighted by Crippen LogP contribution is -2.05. The smallest absolute Gasteiger partial charge is 0.322 e. The summed E-state index contributed by atoms with van der Waals surface area (Å²) in [5, 5.41) is 5.16. The van der Waals surface area contributed by atoms with Crippen molar-refractivity contribution in [3.63, 3.8) is 0 Å². The van der Waals surface area contributed by atoms with Gasteiger partial charge in [0.2, 0.25) is 11.2 Å². The largest absolute Gasteiger partial charge is 0.467 e. The Morgan fingerprint density at radius 3 is 2.94 bits per heavy atom. The molecule has 2 aromatic rings. The summed E-state index contributed by atoms with van der Waals surface area (Å²) in [5.74, 6) is 0.391. The molecule has 0 aliphatic carbocycles. The van der Waals surface area contributed by atoms with E-state index in [0.717, 1.165) is 9.35 Å². The lowest BCUT2D eigenvalue weighted by molar-refractivity contribution is 0.379. The van der Waals surface area contributed by atoms with Crippen molar-refractivity contribution in [3.05, 3.63) is 26.1 Å². The first-order valence-electron chi connectivity index (χ1n) is 4.60. The average Bonchev–Trinajstić information content (AvgIpc) is 2.71. The summed E-state index contributed by atoms with van der Waals surface area (Å²) in [4.78, 5) is 12.9. The van der Waals surface area contributed by atoms with Gasteiger partial charge in [0.15, 0.2) is 0 Å². The summed E-state index contributed by atoms with van der Waals surface area (Å²) in [5.41, 5.74) is 0. The summed E-state index contributed by atoms with van der Waals surface area (Å²) in [6.45, 7) is 0.613. The Hall–Kier alpha value is -0.920. The molecule has 0 bridgehead atoms. The van der Waals surface area contributed by atoms with Crippen molar-refractivity contribution in [1.82, 2.24) is 15.0 Å². The van der Waals surface area contributed by atoms with Crippen molar-refractivity contribution in [3.8, 4) is 6.01 Å². The number of hydrogen-bond donors (Lipinski definition) is 1. The minimum absolute atomic E-state index is 0.101. The summed E-state index contributed by atoms with van der Waals surface area (Å²) in [6.07, 6.45) is 0. The van der Waals surface area contributed by atoms with Gasteiger partial charge in [-0.05, 0) is 39.0 Å². The highest BCUT2D eigenvalue weighted by Crippen LogP contribution is 2.23. The van der Waals surface area contributed by atoms with Gasteiger partial charge in [0.05, 0.1) is 13.7 Å². The Kier molecular flexibility index (Phi) is 4.14. The topological polar surface area (TPSA) is 59.9 Å².